The van der Waals surface area contributed by atoms with Crippen LogP contribution in [0.3, 0.4) is 0 Å². The fraction of sp³-hybridized carbons (Fsp3) is 0.611. The molecule has 0 aliphatic carbocycles. The zero-order valence-electron chi connectivity index (χ0n) is 14.6. The van der Waals surface area contributed by atoms with Crippen molar-refractivity contribution >= 4 is 11.8 Å². The van der Waals surface area contributed by atoms with Crippen molar-refractivity contribution in [2.75, 3.05) is 24.5 Å². The number of nitrogens with zero attached hydrogens (tertiary/aromatic N) is 2. The first-order valence-corrected chi connectivity index (χ1v) is 8.41. The van der Waals surface area contributed by atoms with Gasteiger partial charge in [0, 0.05) is 44.5 Å². The Morgan fingerprint density at radius 2 is 2.04 bits per heavy atom. The molecule has 1 saturated heterocycles. The van der Waals surface area contributed by atoms with Crippen LogP contribution in [0.4, 0.5) is 10.5 Å². The lowest BCUT2D eigenvalue weighted by atomic mass is 10.1. The Morgan fingerprint density at radius 3 is 2.74 bits per heavy atom. The molecule has 0 aromatic heterocycles. The van der Waals surface area contributed by atoms with Crippen molar-refractivity contribution in [3.63, 3.8) is 0 Å². The SMILES string of the molecule is C[C@@H]1CN(c2cccc3c2CNC3)CCN1C(=O)OC(C)(C)C. The minimum Gasteiger partial charge on any atom is -0.444 e. The summed E-state index contributed by atoms with van der Waals surface area (Å²) in [6.07, 6.45) is -0.204. The molecule has 1 N–H and O–H groups in total. The zero-order valence-corrected chi connectivity index (χ0v) is 14.6. The monoisotopic (exact) mass is 317 g/mol. The van der Waals surface area contributed by atoms with Crippen molar-refractivity contribution in [3.05, 3.63) is 29.3 Å². The number of hydrogen-bond acceptors (Lipinski definition) is 4. The predicted octanol–water partition coefficient (Wildman–Crippen LogP) is 2.74. The van der Waals surface area contributed by atoms with Crippen LogP contribution < -0.4 is 10.2 Å². The van der Waals surface area contributed by atoms with E-state index < -0.39 is 5.60 Å². The number of ether oxygens (including phenoxy) is 1. The Morgan fingerprint density at radius 1 is 1.26 bits per heavy atom. The molecule has 5 nitrogen and oxygen atoms in total. The van der Waals surface area contributed by atoms with Crippen LogP contribution in [0, 0.1) is 0 Å². The van der Waals surface area contributed by atoms with Crippen LogP contribution in [-0.2, 0) is 17.8 Å². The van der Waals surface area contributed by atoms with Crippen LogP contribution in [0.5, 0.6) is 0 Å². The molecule has 2 heterocycles. The summed E-state index contributed by atoms with van der Waals surface area (Å²) in [4.78, 5) is 16.6. The fourth-order valence-electron chi connectivity index (χ4n) is 3.38. The van der Waals surface area contributed by atoms with Crippen molar-refractivity contribution in [1.82, 2.24) is 10.2 Å². The first-order valence-electron chi connectivity index (χ1n) is 8.41. The van der Waals surface area contributed by atoms with Crippen LogP contribution in [0.2, 0.25) is 0 Å². The van der Waals surface area contributed by atoms with Gasteiger partial charge in [-0.05, 0) is 44.9 Å². The van der Waals surface area contributed by atoms with Crippen molar-refractivity contribution < 1.29 is 9.53 Å². The maximum absolute atomic E-state index is 12.3. The highest BCUT2D eigenvalue weighted by Crippen LogP contribution is 2.29. The Bertz CT molecular complexity index is 594. The van der Waals surface area contributed by atoms with E-state index in [0.717, 1.165) is 26.2 Å². The molecule has 23 heavy (non-hydrogen) atoms. The van der Waals surface area contributed by atoms with E-state index in [1.807, 2.05) is 25.7 Å². The molecule has 0 radical (unpaired) electrons. The van der Waals surface area contributed by atoms with Gasteiger partial charge in [-0.25, -0.2) is 4.79 Å². The Kier molecular flexibility index (Phi) is 4.23. The summed E-state index contributed by atoms with van der Waals surface area (Å²) in [6.45, 7) is 12.1. The third kappa shape index (κ3) is 3.44. The molecule has 1 amide bonds. The van der Waals surface area contributed by atoms with Crippen LogP contribution in [-0.4, -0.2) is 42.3 Å². The molecule has 2 aliphatic heterocycles. The van der Waals surface area contributed by atoms with Gasteiger partial charge < -0.3 is 19.9 Å². The molecule has 1 fully saturated rings. The van der Waals surface area contributed by atoms with Crippen molar-refractivity contribution in [1.29, 1.82) is 0 Å². The van der Waals surface area contributed by atoms with Crippen LogP contribution in [0.25, 0.3) is 0 Å². The molecular weight excluding hydrogens is 290 g/mol. The maximum Gasteiger partial charge on any atom is 0.410 e. The van der Waals surface area contributed by atoms with Crippen molar-refractivity contribution in [2.24, 2.45) is 0 Å². The molecule has 0 spiro atoms. The van der Waals surface area contributed by atoms with Gasteiger partial charge in [0.25, 0.3) is 0 Å². The molecule has 3 rings (SSSR count). The molecule has 0 saturated carbocycles. The number of hydrogen-bond donors (Lipinski definition) is 1. The molecule has 0 bridgehead atoms. The highest BCUT2D eigenvalue weighted by atomic mass is 16.6. The van der Waals surface area contributed by atoms with Gasteiger partial charge >= 0.3 is 6.09 Å². The molecule has 2 aliphatic rings. The van der Waals surface area contributed by atoms with Gasteiger partial charge in [-0.3, -0.25) is 0 Å². The first-order chi connectivity index (χ1) is 10.8. The molecule has 1 aromatic rings. The van der Waals surface area contributed by atoms with Crippen LogP contribution in [0.15, 0.2) is 18.2 Å². The average molecular weight is 317 g/mol. The van der Waals surface area contributed by atoms with Crippen molar-refractivity contribution in [2.45, 2.75) is 52.4 Å². The third-order valence-electron chi connectivity index (χ3n) is 4.46. The number of piperazine rings is 1. The van der Waals surface area contributed by atoms with Gasteiger partial charge in [0.05, 0.1) is 0 Å². The van der Waals surface area contributed by atoms with Gasteiger partial charge in [0.15, 0.2) is 0 Å². The highest BCUT2D eigenvalue weighted by molar-refractivity contribution is 5.69. The van der Waals surface area contributed by atoms with E-state index in [0.29, 0.717) is 6.54 Å². The fourth-order valence-corrected chi connectivity index (χ4v) is 3.38. The van der Waals surface area contributed by atoms with E-state index in [2.05, 4.69) is 35.3 Å². The molecule has 1 atom stereocenters. The summed E-state index contributed by atoms with van der Waals surface area (Å²) < 4.78 is 5.52. The van der Waals surface area contributed by atoms with Gasteiger partial charge in [-0.2, -0.15) is 0 Å². The van der Waals surface area contributed by atoms with E-state index >= 15 is 0 Å². The quantitative estimate of drug-likeness (QED) is 0.865. The van der Waals surface area contributed by atoms with Crippen LogP contribution in [0.1, 0.15) is 38.8 Å². The number of carbonyl (C=O) groups excluding carboxylic acids is 1. The van der Waals surface area contributed by atoms with E-state index in [-0.39, 0.29) is 12.1 Å². The van der Waals surface area contributed by atoms with E-state index in [4.69, 9.17) is 4.74 Å². The number of rotatable bonds is 1. The molecule has 126 valence electrons. The number of amides is 1. The highest BCUT2D eigenvalue weighted by Gasteiger charge is 2.32. The predicted molar refractivity (Wildman–Crippen MR) is 91.6 cm³/mol. The second-order valence-corrected chi connectivity index (χ2v) is 7.49. The lowest BCUT2D eigenvalue weighted by molar-refractivity contribution is 0.0159. The third-order valence-corrected chi connectivity index (χ3v) is 4.46. The van der Waals surface area contributed by atoms with E-state index in [9.17, 15) is 4.79 Å². The molecule has 1 aromatic carbocycles. The first kappa shape index (κ1) is 16.1. The van der Waals surface area contributed by atoms with Gasteiger partial charge in [0.1, 0.15) is 5.60 Å². The topological polar surface area (TPSA) is 44.8 Å². The van der Waals surface area contributed by atoms with Gasteiger partial charge in [-0.15, -0.1) is 0 Å². The maximum atomic E-state index is 12.3. The number of fused-ring (bicyclic) bond motifs is 1. The average Bonchev–Trinajstić information content (AvgIpc) is 2.93. The van der Waals surface area contributed by atoms with E-state index in [1.54, 1.807) is 0 Å². The summed E-state index contributed by atoms with van der Waals surface area (Å²) in [6, 6.07) is 6.66. The summed E-state index contributed by atoms with van der Waals surface area (Å²) in [5.74, 6) is 0. The normalized spacial score (nSPS) is 21.3. The van der Waals surface area contributed by atoms with Crippen molar-refractivity contribution in [3.8, 4) is 0 Å². The second kappa shape index (κ2) is 6.04. The summed E-state index contributed by atoms with van der Waals surface area (Å²) in [5, 5.41) is 3.42. The number of anilines is 1. The zero-order chi connectivity index (χ0) is 16.6. The smallest absolute Gasteiger partial charge is 0.410 e. The van der Waals surface area contributed by atoms with E-state index in [1.165, 1.54) is 16.8 Å². The number of carbonyl (C=O) groups is 1. The largest absolute Gasteiger partial charge is 0.444 e. The minimum atomic E-state index is -0.445. The van der Waals surface area contributed by atoms with Gasteiger partial charge in [0.2, 0.25) is 0 Å². The lowest BCUT2D eigenvalue weighted by Crippen LogP contribution is -2.55. The number of benzene rings is 1. The van der Waals surface area contributed by atoms with Gasteiger partial charge in [-0.1, -0.05) is 12.1 Å². The Hall–Kier alpha value is -1.75. The standard InChI is InChI=1S/C18H27N3O2/c1-13-12-20(8-9-21(13)17(22)23-18(2,3)4)16-7-5-6-14-10-19-11-15(14)16/h5-7,13,19H,8-12H2,1-4H3/t13-/m1/s1. The lowest BCUT2D eigenvalue weighted by Gasteiger charge is -2.41. The summed E-state index contributed by atoms with van der Waals surface area (Å²) in [7, 11) is 0. The minimum absolute atomic E-state index is 0.142. The summed E-state index contributed by atoms with van der Waals surface area (Å²) in [5.41, 5.74) is 3.66. The molecule has 5 heteroatoms. The van der Waals surface area contributed by atoms with Crippen LogP contribution >= 0.6 is 0 Å². The molecular formula is C18H27N3O2. The molecule has 0 unspecified atom stereocenters. The summed E-state index contributed by atoms with van der Waals surface area (Å²) >= 11 is 0. The number of nitrogens with one attached hydrogen (secondary N) is 1. The Balaban J connectivity index is 1.70. The second-order valence-electron chi connectivity index (χ2n) is 7.49. The Labute approximate surface area is 138 Å².